The third-order valence-electron chi connectivity index (χ3n) is 1.89. The van der Waals surface area contributed by atoms with E-state index in [0.29, 0.717) is 11.1 Å². The van der Waals surface area contributed by atoms with Crippen LogP contribution in [-0.2, 0) is 0 Å². The van der Waals surface area contributed by atoms with Gasteiger partial charge in [-0.1, -0.05) is 0 Å². The Hall–Kier alpha value is -1.55. The van der Waals surface area contributed by atoms with E-state index >= 15 is 0 Å². The fourth-order valence-corrected chi connectivity index (χ4v) is 1.56. The number of rotatable bonds is 2. The van der Waals surface area contributed by atoms with Crippen LogP contribution in [0.3, 0.4) is 0 Å². The Bertz CT molecular complexity index is 485. The van der Waals surface area contributed by atoms with Crippen molar-refractivity contribution in [3.63, 3.8) is 0 Å². The second kappa shape index (κ2) is 4.31. The summed E-state index contributed by atoms with van der Waals surface area (Å²) in [5, 5.41) is 0. The monoisotopic (exact) mass is 262 g/mol. The maximum absolute atomic E-state index is 11.9. The second-order valence-corrected chi connectivity index (χ2v) is 3.88. The SMILES string of the molecule is O=C(c1cccnc1)c1cncc(Br)c1. The molecule has 0 spiro atoms. The number of carbonyl (C=O) groups is 1. The zero-order chi connectivity index (χ0) is 10.7. The van der Waals surface area contributed by atoms with E-state index in [-0.39, 0.29) is 5.78 Å². The van der Waals surface area contributed by atoms with Gasteiger partial charge in [0, 0.05) is 40.4 Å². The maximum atomic E-state index is 11.9. The summed E-state index contributed by atoms with van der Waals surface area (Å²) in [6.45, 7) is 0. The van der Waals surface area contributed by atoms with Crippen LogP contribution in [0.15, 0.2) is 47.5 Å². The van der Waals surface area contributed by atoms with Crippen molar-refractivity contribution >= 4 is 21.7 Å². The van der Waals surface area contributed by atoms with Crippen LogP contribution < -0.4 is 0 Å². The molecular weight excluding hydrogens is 256 g/mol. The number of pyridine rings is 2. The summed E-state index contributed by atoms with van der Waals surface area (Å²) in [6, 6.07) is 5.21. The fourth-order valence-electron chi connectivity index (χ4n) is 1.20. The minimum atomic E-state index is -0.0723. The highest BCUT2D eigenvalue weighted by Gasteiger charge is 2.09. The second-order valence-electron chi connectivity index (χ2n) is 2.96. The normalized spacial score (nSPS) is 9.93. The number of aromatic nitrogens is 2. The summed E-state index contributed by atoms with van der Waals surface area (Å²) in [5.41, 5.74) is 1.12. The summed E-state index contributed by atoms with van der Waals surface area (Å²) >= 11 is 3.27. The predicted molar refractivity (Wildman–Crippen MR) is 59.6 cm³/mol. The Kier molecular flexibility index (Phi) is 2.87. The molecule has 0 radical (unpaired) electrons. The van der Waals surface area contributed by atoms with Crippen LogP contribution in [0.1, 0.15) is 15.9 Å². The molecule has 0 aliphatic rings. The van der Waals surface area contributed by atoms with E-state index in [1.807, 2.05) is 0 Å². The Morgan fingerprint density at radius 1 is 1.13 bits per heavy atom. The lowest BCUT2D eigenvalue weighted by atomic mass is 10.1. The van der Waals surface area contributed by atoms with Crippen molar-refractivity contribution < 1.29 is 4.79 Å². The molecule has 3 nitrogen and oxygen atoms in total. The molecule has 15 heavy (non-hydrogen) atoms. The van der Waals surface area contributed by atoms with Gasteiger partial charge in [0.1, 0.15) is 0 Å². The average Bonchev–Trinajstić information content (AvgIpc) is 2.29. The summed E-state index contributed by atoms with van der Waals surface area (Å²) in [6.07, 6.45) is 6.36. The van der Waals surface area contributed by atoms with E-state index in [1.54, 1.807) is 43.0 Å². The molecule has 0 amide bonds. The largest absolute Gasteiger partial charge is 0.288 e. The first-order valence-corrected chi connectivity index (χ1v) is 5.12. The summed E-state index contributed by atoms with van der Waals surface area (Å²) in [7, 11) is 0. The van der Waals surface area contributed by atoms with Crippen molar-refractivity contribution in [3.8, 4) is 0 Å². The zero-order valence-corrected chi connectivity index (χ0v) is 9.31. The van der Waals surface area contributed by atoms with Crippen molar-refractivity contribution in [2.75, 3.05) is 0 Å². The van der Waals surface area contributed by atoms with E-state index in [0.717, 1.165) is 4.47 Å². The molecule has 0 aromatic carbocycles. The quantitative estimate of drug-likeness (QED) is 0.781. The predicted octanol–water partition coefficient (Wildman–Crippen LogP) is 2.47. The van der Waals surface area contributed by atoms with Gasteiger partial charge in [-0.2, -0.15) is 0 Å². The number of carbonyl (C=O) groups excluding carboxylic acids is 1. The molecule has 74 valence electrons. The van der Waals surface area contributed by atoms with E-state index in [1.165, 1.54) is 0 Å². The van der Waals surface area contributed by atoms with E-state index < -0.39 is 0 Å². The van der Waals surface area contributed by atoms with Crippen molar-refractivity contribution in [2.24, 2.45) is 0 Å². The topological polar surface area (TPSA) is 42.9 Å². The van der Waals surface area contributed by atoms with Crippen LogP contribution in [0.5, 0.6) is 0 Å². The molecule has 2 aromatic rings. The lowest BCUT2D eigenvalue weighted by molar-refractivity contribution is 0.103. The lowest BCUT2D eigenvalue weighted by Gasteiger charge is -1.99. The molecule has 0 fully saturated rings. The third-order valence-corrected chi connectivity index (χ3v) is 2.32. The van der Waals surface area contributed by atoms with Gasteiger partial charge in [-0.05, 0) is 34.1 Å². The van der Waals surface area contributed by atoms with E-state index in [9.17, 15) is 4.79 Å². The first kappa shape index (κ1) is 9.98. The molecule has 2 rings (SSSR count). The Morgan fingerprint density at radius 2 is 1.93 bits per heavy atom. The summed E-state index contributed by atoms with van der Waals surface area (Å²) in [5.74, 6) is -0.0723. The van der Waals surface area contributed by atoms with Gasteiger partial charge in [0.25, 0.3) is 0 Å². The Balaban J connectivity index is 2.37. The molecule has 4 heteroatoms. The van der Waals surface area contributed by atoms with Gasteiger partial charge in [0.05, 0.1) is 0 Å². The molecule has 0 N–H and O–H groups in total. The molecule has 0 saturated carbocycles. The van der Waals surface area contributed by atoms with Gasteiger partial charge in [-0.3, -0.25) is 14.8 Å². The molecule has 0 aliphatic carbocycles. The van der Waals surface area contributed by atoms with Crippen LogP contribution in [0, 0.1) is 0 Å². The number of hydrogen-bond donors (Lipinski definition) is 0. The minimum Gasteiger partial charge on any atom is -0.288 e. The van der Waals surface area contributed by atoms with Gasteiger partial charge in [0.15, 0.2) is 5.78 Å². The third kappa shape index (κ3) is 2.27. The molecule has 2 heterocycles. The molecule has 0 saturated heterocycles. The standard InChI is InChI=1S/C11H7BrN2O/c12-10-4-9(6-14-7-10)11(15)8-2-1-3-13-5-8/h1-7H. The highest BCUT2D eigenvalue weighted by Crippen LogP contribution is 2.13. The van der Waals surface area contributed by atoms with Crippen molar-refractivity contribution in [3.05, 3.63) is 58.6 Å². The molecule has 0 aliphatic heterocycles. The fraction of sp³-hybridized carbons (Fsp3) is 0. The van der Waals surface area contributed by atoms with Gasteiger partial charge in [-0.25, -0.2) is 0 Å². The molecule has 0 atom stereocenters. The number of hydrogen-bond acceptors (Lipinski definition) is 3. The van der Waals surface area contributed by atoms with Gasteiger partial charge >= 0.3 is 0 Å². The summed E-state index contributed by atoms with van der Waals surface area (Å²) < 4.78 is 0.789. The van der Waals surface area contributed by atoms with E-state index in [4.69, 9.17) is 0 Å². The molecular formula is C11H7BrN2O. The van der Waals surface area contributed by atoms with Crippen LogP contribution in [0.4, 0.5) is 0 Å². The number of ketones is 1. The molecule has 2 aromatic heterocycles. The first-order valence-electron chi connectivity index (χ1n) is 4.32. The van der Waals surface area contributed by atoms with Gasteiger partial charge < -0.3 is 0 Å². The maximum Gasteiger partial charge on any atom is 0.196 e. The summed E-state index contributed by atoms with van der Waals surface area (Å²) in [4.78, 5) is 19.7. The smallest absolute Gasteiger partial charge is 0.196 e. The highest BCUT2D eigenvalue weighted by atomic mass is 79.9. The Morgan fingerprint density at radius 3 is 2.60 bits per heavy atom. The molecule has 0 bridgehead atoms. The van der Waals surface area contributed by atoms with Crippen LogP contribution in [0.25, 0.3) is 0 Å². The number of nitrogens with zero attached hydrogens (tertiary/aromatic N) is 2. The zero-order valence-electron chi connectivity index (χ0n) is 7.72. The Labute approximate surface area is 95.3 Å². The minimum absolute atomic E-state index is 0.0723. The van der Waals surface area contributed by atoms with E-state index in [2.05, 4.69) is 25.9 Å². The highest BCUT2D eigenvalue weighted by molar-refractivity contribution is 9.10. The van der Waals surface area contributed by atoms with Gasteiger partial charge in [-0.15, -0.1) is 0 Å². The average molecular weight is 263 g/mol. The van der Waals surface area contributed by atoms with Crippen LogP contribution >= 0.6 is 15.9 Å². The van der Waals surface area contributed by atoms with Crippen LogP contribution in [0.2, 0.25) is 0 Å². The lowest BCUT2D eigenvalue weighted by Crippen LogP contribution is -2.01. The van der Waals surface area contributed by atoms with Crippen molar-refractivity contribution in [2.45, 2.75) is 0 Å². The molecule has 0 unspecified atom stereocenters. The number of halogens is 1. The van der Waals surface area contributed by atoms with Crippen molar-refractivity contribution in [1.29, 1.82) is 0 Å². The first-order chi connectivity index (χ1) is 7.27. The van der Waals surface area contributed by atoms with Gasteiger partial charge in [0.2, 0.25) is 0 Å². The van der Waals surface area contributed by atoms with Crippen LogP contribution in [-0.4, -0.2) is 15.8 Å². The van der Waals surface area contributed by atoms with Crippen molar-refractivity contribution in [1.82, 2.24) is 9.97 Å².